The maximum atomic E-state index is 7.33. The second-order valence-corrected chi connectivity index (χ2v) is 6.44. The first-order valence-corrected chi connectivity index (χ1v) is 7.54. The smallest absolute Gasteiger partial charge is 0.119 e. The zero-order valence-electron chi connectivity index (χ0n) is 14.7. The molecule has 3 aliphatic rings. The van der Waals surface area contributed by atoms with Gasteiger partial charge in [0.05, 0.1) is 11.2 Å². The van der Waals surface area contributed by atoms with Crippen LogP contribution in [0.15, 0.2) is 18.2 Å². The highest BCUT2D eigenvalue weighted by molar-refractivity contribution is 5.85. The minimum absolute atomic E-state index is 0. The monoisotopic (exact) mass is 297 g/mol. The molecule has 2 aliphatic carbocycles. The van der Waals surface area contributed by atoms with E-state index in [0.29, 0.717) is 17.7 Å². The fourth-order valence-electron chi connectivity index (χ4n) is 4.97. The Hall–Kier alpha value is -0.730. The Balaban J connectivity index is 0.00000156. The second kappa shape index (κ2) is 5.23. The van der Waals surface area contributed by atoms with E-state index in [4.69, 9.17) is 8.85 Å². The first kappa shape index (κ1) is 10.9. The molecule has 0 spiro atoms. The molecule has 2 bridgehead atoms. The number of rotatable bonds is 1. The van der Waals surface area contributed by atoms with Crippen LogP contribution in [0.3, 0.4) is 0 Å². The van der Waals surface area contributed by atoms with Gasteiger partial charge in [0.2, 0.25) is 0 Å². The molecule has 0 radical (unpaired) electrons. The average Bonchev–Trinajstić information content (AvgIpc) is 2.46. The molecule has 1 heterocycles. The fourth-order valence-corrected chi connectivity index (χ4v) is 4.97. The Morgan fingerprint density at radius 2 is 2.30 bits per heavy atom. The van der Waals surface area contributed by atoms with Gasteiger partial charge in [0.1, 0.15) is 5.75 Å². The molecule has 1 N–H and O–H groups in total. The number of methoxy groups -OCH3 is 1. The van der Waals surface area contributed by atoms with Gasteiger partial charge >= 0.3 is 0 Å². The summed E-state index contributed by atoms with van der Waals surface area (Å²) in [7, 11) is -2.37. The molecule has 1 aromatic carbocycles. The number of piperidine rings is 1. The highest BCUT2D eigenvalue weighted by atomic mass is 35.5. The highest BCUT2D eigenvalue weighted by Crippen LogP contribution is 2.54. The van der Waals surface area contributed by atoms with Gasteiger partial charge in [-0.15, -0.1) is 12.4 Å². The largest absolute Gasteiger partial charge is 0.497 e. The molecule has 20 heavy (non-hydrogen) atoms. The Bertz CT molecular complexity index is 588. The predicted molar refractivity (Wildman–Crippen MR) is 84.0 cm³/mol. The van der Waals surface area contributed by atoms with Crippen molar-refractivity contribution < 1.29 is 8.85 Å². The van der Waals surface area contributed by atoms with Crippen molar-refractivity contribution in [1.29, 1.82) is 0 Å². The summed E-state index contributed by atoms with van der Waals surface area (Å²) in [5.41, 5.74) is 3.00. The number of nitrogens with one attached hydrogen (secondary N) is 1. The molecule has 0 unspecified atom stereocenters. The van der Waals surface area contributed by atoms with Crippen molar-refractivity contribution in [3.8, 4) is 5.75 Å². The Morgan fingerprint density at radius 3 is 3.20 bits per heavy atom. The van der Waals surface area contributed by atoms with Crippen LogP contribution in [-0.2, 0) is 11.8 Å². The number of hydrogen-bond donors (Lipinski definition) is 1. The topological polar surface area (TPSA) is 21.3 Å². The molecule has 0 amide bonds. The summed E-state index contributed by atoms with van der Waals surface area (Å²) in [4.78, 5) is 0. The zero-order valence-corrected chi connectivity index (χ0v) is 12.5. The second-order valence-electron chi connectivity index (χ2n) is 6.44. The van der Waals surface area contributed by atoms with Crippen LogP contribution in [0, 0.1) is 5.92 Å². The van der Waals surface area contributed by atoms with Crippen LogP contribution in [0.1, 0.15) is 47.3 Å². The lowest BCUT2D eigenvalue weighted by molar-refractivity contribution is 0.0795. The van der Waals surface area contributed by atoms with E-state index in [1.807, 2.05) is 12.1 Å². The van der Waals surface area contributed by atoms with Crippen LogP contribution in [0.25, 0.3) is 0 Å². The van der Waals surface area contributed by atoms with Crippen LogP contribution < -0.4 is 10.1 Å². The van der Waals surface area contributed by atoms with E-state index in [1.165, 1.54) is 43.2 Å². The molecule has 2 nitrogen and oxygen atoms in total. The van der Waals surface area contributed by atoms with Gasteiger partial charge in [0.25, 0.3) is 0 Å². The van der Waals surface area contributed by atoms with Gasteiger partial charge < -0.3 is 10.1 Å². The van der Waals surface area contributed by atoms with Crippen molar-refractivity contribution in [2.24, 2.45) is 5.92 Å². The van der Waals surface area contributed by atoms with Gasteiger partial charge in [0.15, 0.2) is 0 Å². The van der Waals surface area contributed by atoms with E-state index in [2.05, 4.69) is 11.4 Å². The van der Waals surface area contributed by atoms with Gasteiger partial charge in [-0.05, 0) is 61.4 Å². The summed E-state index contributed by atoms with van der Waals surface area (Å²) in [5, 5.41) is 3.72. The van der Waals surface area contributed by atoms with Crippen LogP contribution in [0.4, 0.5) is 0 Å². The summed E-state index contributed by atoms with van der Waals surface area (Å²) in [6, 6.07) is 6.53. The third-order valence-corrected chi connectivity index (χ3v) is 5.74. The molecular weight excluding hydrogens is 271 g/mol. The minimum atomic E-state index is -2.37. The average molecular weight is 298 g/mol. The van der Waals surface area contributed by atoms with Crippen LogP contribution >= 0.6 is 12.4 Å². The molecule has 4 rings (SSSR count). The normalized spacial score (nSPS) is 37.3. The van der Waals surface area contributed by atoms with E-state index in [0.717, 1.165) is 13.0 Å². The molecule has 3 heteroatoms. The maximum Gasteiger partial charge on any atom is 0.119 e. The Kier molecular flexibility index (Phi) is 2.86. The van der Waals surface area contributed by atoms with Crippen LogP contribution in [-0.4, -0.2) is 19.6 Å². The lowest BCUT2D eigenvalue weighted by Gasteiger charge is -2.56. The minimum Gasteiger partial charge on any atom is -0.497 e. The first-order valence-electron chi connectivity index (χ1n) is 9.04. The Labute approximate surface area is 131 Å². The van der Waals surface area contributed by atoms with Crippen LogP contribution in [0.2, 0.25) is 0 Å². The number of ether oxygens (including phenoxy) is 1. The van der Waals surface area contributed by atoms with Crippen molar-refractivity contribution in [2.45, 2.75) is 50.0 Å². The number of halogens is 1. The fraction of sp³-hybridized carbons (Fsp3) is 0.647. The summed E-state index contributed by atoms with van der Waals surface area (Å²) in [5.74, 6) is 1.19. The van der Waals surface area contributed by atoms with Gasteiger partial charge in [0, 0.05) is 11.5 Å². The predicted octanol–water partition coefficient (Wildman–Crippen LogP) is 3.46. The summed E-state index contributed by atoms with van der Waals surface area (Å²) < 4.78 is 27.2. The van der Waals surface area contributed by atoms with E-state index in [9.17, 15) is 0 Å². The molecule has 110 valence electrons. The van der Waals surface area contributed by atoms with E-state index < -0.39 is 7.04 Å². The first-order chi connectivity index (χ1) is 10.5. The van der Waals surface area contributed by atoms with Gasteiger partial charge in [-0.2, -0.15) is 0 Å². The molecule has 0 aromatic heterocycles. The van der Waals surface area contributed by atoms with Gasteiger partial charge in [-0.3, -0.25) is 0 Å². The molecular formula is C17H24ClNO. The number of hydrogen-bond acceptors (Lipinski definition) is 2. The zero-order chi connectivity index (χ0) is 15.4. The molecule has 1 saturated heterocycles. The molecule has 3 atom stereocenters. The van der Waals surface area contributed by atoms with E-state index in [-0.39, 0.29) is 17.8 Å². The summed E-state index contributed by atoms with van der Waals surface area (Å²) in [6.07, 6.45) is 7.37. The van der Waals surface area contributed by atoms with Crippen molar-refractivity contribution in [3.05, 3.63) is 29.3 Å². The highest BCUT2D eigenvalue weighted by Gasteiger charge is 2.51. The van der Waals surface area contributed by atoms with Crippen molar-refractivity contribution in [2.75, 3.05) is 13.6 Å². The van der Waals surface area contributed by atoms with Gasteiger partial charge in [-0.25, -0.2) is 0 Å². The summed E-state index contributed by atoms with van der Waals surface area (Å²) in [6.45, 7) is 1.07. The van der Waals surface area contributed by atoms with E-state index >= 15 is 0 Å². The maximum absolute atomic E-state index is 7.33. The third-order valence-electron chi connectivity index (χ3n) is 5.74. The molecule has 1 saturated carbocycles. The lowest BCUT2D eigenvalue weighted by Crippen LogP contribution is -2.59. The number of fused-ring (bicyclic) bond motifs is 1. The number of benzene rings is 1. The molecule has 1 aromatic rings. The lowest BCUT2D eigenvalue weighted by atomic mass is 9.53. The van der Waals surface area contributed by atoms with Crippen molar-refractivity contribution in [3.63, 3.8) is 0 Å². The van der Waals surface area contributed by atoms with Crippen molar-refractivity contribution >= 4 is 12.4 Å². The van der Waals surface area contributed by atoms with Crippen LogP contribution in [0.5, 0.6) is 5.75 Å². The van der Waals surface area contributed by atoms with E-state index in [1.54, 1.807) is 0 Å². The quantitative estimate of drug-likeness (QED) is 0.802. The molecule has 2 fully saturated rings. The molecule has 1 aliphatic heterocycles. The standard InChI is InChI=1S/C17H23NO.ClH/c1-19-13-6-5-12-10-16-14-4-2-3-7-17(14,8-9-18-16)15(12)11-13;/h5-6,11,14,16,18H,2-4,7-10H2,1H3;1H/t14-,16+,17+;/m0./s1/i1+1D3;. The SMILES string of the molecule is Cl.[2H][13C]([2H])([2H])Oc1ccc2c(c1)[C@@]13CCCC[C@H]1[C@@H](C2)NCC3. The summed E-state index contributed by atoms with van der Waals surface area (Å²) >= 11 is 0. The Morgan fingerprint density at radius 1 is 1.35 bits per heavy atom. The third kappa shape index (κ3) is 1.88. The van der Waals surface area contributed by atoms with Crippen molar-refractivity contribution in [1.82, 2.24) is 5.32 Å². The van der Waals surface area contributed by atoms with Gasteiger partial charge in [-0.1, -0.05) is 18.9 Å².